The molecule has 0 aliphatic carbocycles. The van der Waals surface area contributed by atoms with Crippen LogP contribution in [0, 0.1) is 5.82 Å². The number of hydrogen-bond donors (Lipinski definition) is 4. The van der Waals surface area contributed by atoms with Gasteiger partial charge in [0, 0.05) is 24.2 Å². The molecule has 4 N–H and O–H groups in total. The maximum atomic E-state index is 14.2. The van der Waals surface area contributed by atoms with Crippen LogP contribution in [0.1, 0.15) is 11.1 Å². The number of hydrogen-bond acceptors (Lipinski definition) is 8. The summed E-state index contributed by atoms with van der Waals surface area (Å²) in [4.78, 5) is 8.54. The lowest BCUT2D eigenvalue weighted by Gasteiger charge is -2.12. The van der Waals surface area contributed by atoms with Gasteiger partial charge in [0.1, 0.15) is 5.82 Å². The highest BCUT2D eigenvalue weighted by Crippen LogP contribution is 2.31. The van der Waals surface area contributed by atoms with E-state index in [4.69, 9.17) is 0 Å². The Bertz CT molecular complexity index is 1260. The van der Waals surface area contributed by atoms with Crippen LogP contribution in [0.3, 0.4) is 0 Å². The maximum Gasteiger partial charge on any atom is 0.212 e. The number of fused-ring (bicyclic) bond motifs is 2. The molecular formula is C22H21FN8. The third kappa shape index (κ3) is 3.89. The molecule has 0 spiro atoms. The first-order chi connectivity index (χ1) is 15.3. The molecule has 0 radical (unpaired) electrons. The lowest BCUT2D eigenvalue weighted by molar-refractivity contribution is 0.630. The summed E-state index contributed by atoms with van der Waals surface area (Å²) in [5, 5.41) is 18.5. The van der Waals surface area contributed by atoms with E-state index in [1.165, 1.54) is 12.1 Å². The van der Waals surface area contributed by atoms with E-state index in [2.05, 4.69) is 41.7 Å². The van der Waals surface area contributed by atoms with Crippen molar-refractivity contribution in [3.63, 3.8) is 0 Å². The number of hydrazone groups is 2. The summed E-state index contributed by atoms with van der Waals surface area (Å²) in [6, 6.07) is 12.7. The summed E-state index contributed by atoms with van der Waals surface area (Å²) in [5.41, 5.74) is 7.56. The van der Waals surface area contributed by atoms with E-state index in [0.29, 0.717) is 11.9 Å². The Morgan fingerprint density at radius 1 is 0.774 bits per heavy atom. The quantitative estimate of drug-likeness (QED) is 0.297. The van der Waals surface area contributed by atoms with Gasteiger partial charge in [-0.1, -0.05) is 30.3 Å². The molecule has 0 amide bonds. The molecular weight excluding hydrogens is 395 g/mol. The molecule has 2 aliphatic heterocycles. The monoisotopic (exact) mass is 416 g/mol. The SMILES string of the molecule is Fc1ccc2c(/C=N/NC3=NCCN3)c3ccccc3c(/C=N/NC3=NCCN3)c2c1. The number of halogens is 1. The van der Waals surface area contributed by atoms with Crippen LogP contribution in [0.2, 0.25) is 0 Å². The van der Waals surface area contributed by atoms with Crippen LogP contribution in [0.5, 0.6) is 0 Å². The zero-order valence-corrected chi connectivity index (χ0v) is 16.7. The van der Waals surface area contributed by atoms with Gasteiger partial charge in [-0.3, -0.25) is 0 Å². The van der Waals surface area contributed by atoms with Gasteiger partial charge in [-0.15, -0.1) is 0 Å². The van der Waals surface area contributed by atoms with Gasteiger partial charge in [0.25, 0.3) is 0 Å². The van der Waals surface area contributed by atoms with Crippen molar-refractivity contribution >= 4 is 45.9 Å². The van der Waals surface area contributed by atoms with Crippen LogP contribution in [0.15, 0.2) is 62.7 Å². The van der Waals surface area contributed by atoms with Crippen molar-refractivity contribution < 1.29 is 4.39 Å². The molecule has 8 nitrogen and oxygen atoms in total. The van der Waals surface area contributed by atoms with Crippen LogP contribution < -0.4 is 21.5 Å². The van der Waals surface area contributed by atoms with Gasteiger partial charge in [0.05, 0.1) is 25.5 Å². The average Bonchev–Trinajstić information content (AvgIpc) is 3.49. The molecule has 31 heavy (non-hydrogen) atoms. The van der Waals surface area contributed by atoms with E-state index in [-0.39, 0.29) is 5.82 Å². The predicted octanol–water partition coefficient (Wildman–Crippen LogP) is 1.90. The van der Waals surface area contributed by atoms with Gasteiger partial charge in [-0.2, -0.15) is 10.2 Å². The molecule has 3 aromatic carbocycles. The first-order valence-electron chi connectivity index (χ1n) is 10.1. The zero-order chi connectivity index (χ0) is 21.0. The Morgan fingerprint density at radius 3 is 1.87 bits per heavy atom. The lowest BCUT2D eigenvalue weighted by atomic mass is 9.92. The number of aliphatic imine (C=N–C) groups is 2. The fourth-order valence-corrected chi connectivity index (χ4v) is 3.76. The fourth-order valence-electron chi connectivity index (χ4n) is 3.76. The second kappa shape index (κ2) is 8.39. The number of rotatable bonds is 4. The summed E-state index contributed by atoms with van der Waals surface area (Å²) in [5.74, 6) is 0.973. The smallest absolute Gasteiger partial charge is 0.212 e. The van der Waals surface area contributed by atoms with Crippen molar-refractivity contribution in [1.82, 2.24) is 21.5 Å². The first-order valence-corrected chi connectivity index (χ1v) is 10.1. The average molecular weight is 416 g/mol. The topological polar surface area (TPSA) is 97.6 Å². The highest BCUT2D eigenvalue weighted by molar-refractivity contribution is 6.21. The van der Waals surface area contributed by atoms with Crippen molar-refractivity contribution in [2.75, 3.05) is 26.2 Å². The van der Waals surface area contributed by atoms with Gasteiger partial charge in [0.2, 0.25) is 11.9 Å². The fraction of sp³-hybridized carbons (Fsp3) is 0.182. The summed E-state index contributed by atoms with van der Waals surface area (Å²) < 4.78 is 14.2. The molecule has 0 saturated carbocycles. The molecule has 3 aromatic rings. The van der Waals surface area contributed by atoms with Crippen molar-refractivity contribution in [3.8, 4) is 0 Å². The van der Waals surface area contributed by atoms with Crippen LogP contribution in [0.25, 0.3) is 21.5 Å². The number of guanidine groups is 2. The van der Waals surface area contributed by atoms with E-state index in [1.807, 2.05) is 24.3 Å². The van der Waals surface area contributed by atoms with Gasteiger partial charge in [-0.25, -0.2) is 25.2 Å². The molecule has 0 fully saturated rings. The summed E-state index contributed by atoms with van der Waals surface area (Å²) in [6.45, 7) is 3.04. The number of nitrogens with zero attached hydrogens (tertiary/aromatic N) is 4. The van der Waals surface area contributed by atoms with Crippen LogP contribution in [0.4, 0.5) is 4.39 Å². The highest BCUT2D eigenvalue weighted by atomic mass is 19.1. The van der Waals surface area contributed by atoms with Crippen LogP contribution in [-0.4, -0.2) is 50.5 Å². The van der Waals surface area contributed by atoms with E-state index in [9.17, 15) is 4.39 Å². The van der Waals surface area contributed by atoms with Gasteiger partial charge >= 0.3 is 0 Å². The summed E-state index contributed by atoms with van der Waals surface area (Å²) >= 11 is 0. The maximum absolute atomic E-state index is 14.2. The molecule has 9 heteroatoms. The standard InChI is InChI=1S/C22H21FN8/c23-14-5-6-17-18(11-14)20(13-29-31-22-26-9-10-27-22)16-4-2-1-3-15(16)19(17)12-28-30-21-24-7-8-25-21/h1-6,11-13H,7-10H2,(H2,24,25,30)(H2,26,27,31)/b28-12+,29-13+. The Hall–Kier alpha value is -4.01. The molecule has 2 heterocycles. The third-order valence-corrected chi connectivity index (χ3v) is 5.15. The first kappa shape index (κ1) is 19.0. The third-order valence-electron chi connectivity index (χ3n) is 5.15. The minimum Gasteiger partial charge on any atom is -0.353 e. The summed E-state index contributed by atoms with van der Waals surface area (Å²) in [7, 11) is 0. The largest absolute Gasteiger partial charge is 0.353 e. The number of nitrogens with one attached hydrogen (secondary N) is 4. The minimum atomic E-state index is -0.308. The highest BCUT2D eigenvalue weighted by Gasteiger charge is 2.13. The summed E-state index contributed by atoms with van der Waals surface area (Å²) in [6.07, 6.45) is 3.46. The molecule has 0 bridgehead atoms. The second-order valence-electron chi connectivity index (χ2n) is 7.12. The molecule has 0 aromatic heterocycles. The van der Waals surface area contributed by atoms with E-state index in [0.717, 1.165) is 58.9 Å². The van der Waals surface area contributed by atoms with E-state index >= 15 is 0 Å². The Morgan fingerprint density at radius 2 is 1.32 bits per heavy atom. The van der Waals surface area contributed by atoms with E-state index < -0.39 is 0 Å². The van der Waals surface area contributed by atoms with Crippen molar-refractivity contribution in [2.24, 2.45) is 20.2 Å². The minimum absolute atomic E-state index is 0.308. The van der Waals surface area contributed by atoms with Crippen molar-refractivity contribution in [1.29, 1.82) is 0 Å². The van der Waals surface area contributed by atoms with Gasteiger partial charge in [0.15, 0.2) is 0 Å². The van der Waals surface area contributed by atoms with Crippen LogP contribution >= 0.6 is 0 Å². The zero-order valence-electron chi connectivity index (χ0n) is 16.7. The molecule has 2 aliphatic rings. The lowest BCUT2D eigenvalue weighted by Crippen LogP contribution is -2.30. The van der Waals surface area contributed by atoms with Crippen molar-refractivity contribution in [2.45, 2.75) is 0 Å². The van der Waals surface area contributed by atoms with Crippen LogP contribution in [-0.2, 0) is 0 Å². The normalized spacial score (nSPS) is 16.0. The molecule has 5 rings (SSSR count). The Labute approximate surface area is 178 Å². The van der Waals surface area contributed by atoms with E-state index in [1.54, 1.807) is 18.5 Å². The van der Waals surface area contributed by atoms with Gasteiger partial charge < -0.3 is 10.6 Å². The molecule has 0 unspecified atom stereocenters. The second-order valence-corrected chi connectivity index (χ2v) is 7.12. The predicted molar refractivity (Wildman–Crippen MR) is 123 cm³/mol. The molecule has 156 valence electrons. The Balaban J connectivity index is 1.61. The number of benzene rings is 3. The van der Waals surface area contributed by atoms with Crippen molar-refractivity contribution in [3.05, 3.63) is 59.4 Å². The Kier molecular flexibility index (Phi) is 5.14. The molecule has 0 saturated heterocycles. The van der Waals surface area contributed by atoms with Gasteiger partial charge in [-0.05, 0) is 33.7 Å². The molecule has 0 atom stereocenters.